The standard InChI is InChI=1S/C13H18N2O2.ClH/c1-9-8-10(6-7-14-9)13(17)15-11-2-4-12(16)5-3-11;/h2-5,9-10,14,16H,6-8H2,1H3,(H,15,17);1H/t9-,10-;/m0./s1. The summed E-state index contributed by atoms with van der Waals surface area (Å²) in [5, 5.41) is 15.4. The van der Waals surface area contributed by atoms with Crippen molar-refractivity contribution < 1.29 is 9.90 Å². The van der Waals surface area contributed by atoms with Crippen molar-refractivity contribution in [1.29, 1.82) is 0 Å². The summed E-state index contributed by atoms with van der Waals surface area (Å²) in [7, 11) is 0. The van der Waals surface area contributed by atoms with Crippen molar-refractivity contribution in [2.24, 2.45) is 5.92 Å². The minimum Gasteiger partial charge on any atom is -0.508 e. The molecule has 2 rings (SSSR count). The van der Waals surface area contributed by atoms with E-state index in [1.807, 2.05) is 0 Å². The Labute approximate surface area is 113 Å². The zero-order chi connectivity index (χ0) is 12.3. The van der Waals surface area contributed by atoms with Crippen LogP contribution in [0.4, 0.5) is 5.69 Å². The summed E-state index contributed by atoms with van der Waals surface area (Å²) in [5.41, 5.74) is 0.735. The number of amides is 1. The largest absolute Gasteiger partial charge is 0.508 e. The van der Waals surface area contributed by atoms with Gasteiger partial charge in [-0.15, -0.1) is 12.4 Å². The molecule has 5 heteroatoms. The van der Waals surface area contributed by atoms with E-state index in [0.29, 0.717) is 6.04 Å². The molecule has 1 aromatic rings. The van der Waals surface area contributed by atoms with E-state index in [-0.39, 0.29) is 30.0 Å². The second kappa shape index (κ2) is 6.61. The van der Waals surface area contributed by atoms with Crippen LogP contribution in [-0.4, -0.2) is 23.6 Å². The van der Waals surface area contributed by atoms with E-state index < -0.39 is 0 Å². The summed E-state index contributed by atoms with van der Waals surface area (Å²) in [6, 6.07) is 6.95. The monoisotopic (exact) mass is 270 g/mol. The van der Waals surface area contributed by atoms with E-state index in [1.165, 1.54) is 0 Å². The molecule has 1 fully saturated rings. The number of anilines is 1. The topological polar surface area (TPSA) is 61.4 Å². The first kappa shape index (κ1) is 14.8. The van der Waals surface area contributed by atoms with Gasteiger partial charge in [0.2, 0.25) is 5.91 Å². The Balaban J connectivity index is 0.00000162. The van der Waals surface area contributed by atoms with Crippen molar-refractivity contribution in [1.82, 2.24) is 5.32 Å². The van der Waals surface area contributed by atoms with E-state index >= 15 is 0 Å². The van der Waals surface area contributed by atoms with E-state index in [0.717, 1.165) is 25.1 Å². The molecule has 0 unspecified atom stereocenters. The molecule has 0 spiro atoms. The Morgan fingerprint density at radius 3 is 2.67 bits per heavy atom. The average Bonchev–Trinajstić information content (AvgIpc) is 2.32. The summed E-state index contributed by atoms with van der Waals surface area (Å²) < 4.78 is 0. The van der Waals surface area contributed by atoms with Gasteiger partial charge in [0.1, 0.15) is 5.75 Å². The normalized spacial score (nSPS) is 22.9. The predicted molar refractivity (Wildman–Crippen MR) is 74.2 cm³/mol. The van der Waals surface area contributed by atoms with Crippen LogP contribution in [-0.2, 0) is 4.79 Å². The van der Waals surface area contributed by atoms with Gasteiger partial charge in [0, 0.05) is 17.6 Å². The van der Waals surface area contributed by atoms with E-state index in [1.54, 1.807) is 24.3 Å². The molecule has 100 valence electrons. The van der Waals surface area contributed by atoms with Crippen LogP contribution in [0.25, 0.3) is 0 Å². The molecule has 1 aromatic carbocycles. The number of phenolic OH excluding ortho intramolecular Hbond substituents is 1. The van der Waals surface area contributed by atoms with Crippen molar-refractivity contribution in [3.8, 4) is 5.75 Å². The number of hydrogen-bond acceptors (Lipinski definition) is 3. The molecular weight excluding hydrogens is 252 g/mol. The summed E-state index contributed by atoms with van der Waals surface area (Å²) in [4.78, 5) is 12.0. The summed E-state index contributed by atoms with van der Waals surface area (Å²) in [5.74, 6) is 0.364. The second-order valence-corrected chi connectivity index (χ2v) is 4.61. The molecule has 1 heterocycles. The highest BCUT2D eigenvalue weighted by atomic mass is 35.5. The number of halogens is 1. The number of aromatic hydroxyl groups is 1. The smallest absolute Gasteiger partial charge is 0.227 e. The van der Waals surface area contributed by atoms with Gasteiger partial charge in [0.25, 0.3) is 0 Å². The fourth-order valence-electron chi connectivity index (χ4n) is 2.16. The molecule has 18 heavy (non-hydrogen) atoms. The Morgan fingerprint density at radius 1 is 1.39 bits per heavy atom. The maximum absolute atomic E-state index is 12.0. The molecule has 0 aromatic heterocycles. The van der Waals surface area contributed by atoms with Crippen LogP contribution < -0.4 is 10.6 Å². The summed E-state index contributed by atoms with van der Waals surface area (Å²) >= 11 is 0. The maximum atomic E-state index is 12.0. The van der Waals surface area contributed by atoms with Crippen LogP contribution in [0.1, 0.15) is 19.8 Å². The van der Waals surface area contributed by atoms with E-state index in [9.17, 15) is 4.79 Å². The molecule has 1 amide bonds. The number of carbonyl (C=O) groups excluding carboxylic acids is 1. The van der Waals surface area contributed by atoms with Gasteiger partial charge in [-0.3, -0.25) is 4.79 Å². The molecule has 0 saturated carbocycles. The van der Waals surface area contributed by atoms with Gasteiger partial charge in [-0.1, -0.05) is 0 Å². The molecule has 1 aliphatic rings. The molecular formula is C13H19ClN2O2. The van der Waals surface area contributed by atoms with Gasteiger partial charge in [-0.05, 0) is 50.6 Å². The van der Waals surface area contributed by atoms with Crippen molar-refractivity contribution in [3.63, 3.8) is 0 Å². The number of carbonyl (C=O) groups is 1. The molecule has 2 atom stereocenters. The highest BCUT2D eigenvalue weighted by Crippen LogP contribution is 2.19. The third-order valence-corrected chi connectivity index (χ3v) is 3.13. The second-order valence-electron chi connectivity index (χ2n) is 4.61. The fraction of sp³-hybridized carbons (Fsp3) is 0.462. The van der Waals surface area contributed by atoms with Crippen LogP contribution in [0.3, 0.4) is 0 Å². The van der Waals surface area contributed by atoms with Gasteiger partial charge >= 0.3 is 0 Å². The minimum atomic E-state index is 0. The number of rotatable bonds is 2. The van der Waals surface area contributed by atoms with Crippen LogP contribution >= 0.6 is 12.4 Å². The number of piperidine rings is 1. The average molecular weight is 271 g/mol. The van der Waals surface area contributed by atoms with Gasteiger partial charge in [-0.25, -0.2) is 0 Å². The Kier molecular flexibility index (Phi) is 5.44. The molecule has 1 saturated heterocycles. The highest BCUT2D eigenvalue weighted by Gasteiger charge is 2.24. The molecule has 4 nitrogen and oxygen atoms in total. The first-order chi connectivity index (χ1) is 8.15. The first-order valence-electron chi connectivity index (χ1n) is 5.98. The highest BCUT2D eigenvalue weighted by molar-refractivity contribution is 5.92. The third kappa shape index (κ3) is 3.89. The predicted octanol–water partition coefficient (Wildman–Crippen LogP) is 2.14. The molecule has 3 N–H and O–H groups in total. The summed E-state index contributed by atoms with van der Waals surface area (Å²) in [6.45, 7) is 2.99. The lowest BCUT2D eigenvalue weighted by Crippen LogP contribution is -2.40. The van der Waals surface area contributed by atoms with Gasteiger partial charge in [-0.2, -0.15) is 0 Å². The van der Waals surface area contributed by atoms with E-state index in [2.05, 4.69) is 17.6 Å². The Bertz CT molecular complexity index is 394. The lowest BCUT2D eigenvalue weighted by molar-refractivity contribution is -0.120. The van der Waals surface area contributed by atoms with Gasteiger partial charge in [0.05, 0.1) is 0 Å². The molecule has 1 aliphatic heterocycles. The van der Waals surface area contributed by atoms with Crippen LogP contribution in [0, 0.1) is 5.92 Å². The quantitative estimate of drug-likeness (QED) is 0.722. The number of benzene rings is 1. The van der Waals surface area contributed by atoms with Gasteiger partial charge in [0.15, 0.2) is 0 Å². The molecule has 0 aliphatic carbocycles. The lowest BCUT2D eigenvalue weighted by Gasteiger charge is -2.27. The zero-order valence-electron chi connectivity index (χ0n) is 10.3. The van der Waals surface area contributed by atoms with Crippen LogP contribution in [0.5, 0.6) is 5.75 Å². The van der Waals surface area contributed by atoms with Gasteiger partial charge < -0.3 is 15.7 Å². The van der Waals surface area contributed by atoms with Crippen LogP contribution in [0.15, 0.2) is 24.3 Å². The lowest BCUT2D eigenvalue weighted by atomic mass is 9.92. The van der Waals surface area contributed by atoms with Crippen molar-refractivity contribution >= 4 is 24.0 Å². The maximum Gasteiger partial charge on any atom is 0.227 e. The summed E-state index contributed by atoms with van der Waals surface area (Å²) in [6.07, 6.45) is 1.76. The molecule has 0 radical (unpaired) electrons. The first-order valence-corrected chi connectivity index (χ1v) is 5.98. The number of phenols is 1. The number of hydrogen-bond donors (Lipinski definition) is 3. The third-order valence-electron chi connectivity index (χ3n) is 3.13. The van der Waals surface area contributed by atoms with Crippen LogP contribution in [0.2, 0.25) is 0 Å². The van der Waals surface area contributed by atoms with Crippen molar-refractivity contribution in [3.05, 3.63) is 24.3 Å². The van der Waals surface area contributed by atoms with Crippen molar-refractivity contribution in [2.75, 3.05) is 11.9 Å². The zero-order valence-corrected chi connectivity index (χ0v) is 11.2. The Morgan fingerprint density at radius 2 is 2.06 bits per heavy atom. The van der Waals surface area contributed by atoms with E-state index in [4.69, 9.17) is 5.11 Å². The Hall–Kier alpha value is -1.26. The minimum absolute atomic E-state index is 0. The van der Waals surface area contributed by atoms with Crippen molar-refractivity contribution in [2.45, 2.75) is 25.8 Å². The SMILES string of the molecule is C[C@H]1C[C@@H](C(=O)Nc2ccc(O)cc2)CCN1.Cl. The fourth-order valence-corrected chi connectivity index (χ4v) is 2.16. The number of nitrogens with one attached hydrogen (secondary N) is 2. The molecule has 0 bridgehead atoms.